The summed E-state index contributed by atoms with van der Waals surface area (Å²) in [5.41, 5.74) is 6.62. The van der Waals surface area contributed by atoms with Crippen LogP contribution in [0.4, 0.5) is 5.69 Å². The summed E-state index contributed by atoms with van der Waals surface area (Å²) < 4.78 is 0. The highest BCUT2D eigenvalue weighted by molar-refractivity contribution is 5.96. The number of nitrogens with one attached hydrogen (secondary N) is 2. The van der Waals surface area contributed by atoms with E-state index in [0.717, 1.165) is 6.42 Å². The van der Waals surface area contributed by atoms with Crippen molar-refractivity contribution in [1.82, 2.24) is 10.6 Å². The van der Waals surface area contributed by atoms with Gasteiger partial charge in [0, 0.05) is 17.8 Å². The van der Waals surface area contributed by atoms with Gasteiger partial charge < -0.3 is 16.4 Å². The van der Waals surface area contributed by atoms with Crippen LogP contribution < -0.4 is 16.4 Å². The lowest BCUT2D eigenvalue weighted by Gasteiger charge is -2.08. The first-order valence-electron chi connectivity index (χ1n) is 6.39. The number of nitrogens with two attached hydrogens (primary N) is 1. The van der Waals surface area contributed by atoms with Crippen LogP contribution in [0.25, 0.3) is 0 Å². The van der Waals surface area contributed by atoms with Crippen LogP contribution in [-0.2, 0) is 4.79 Å². The highest BCUT2D eigenvalue weighted by atomic mass is 16.2. The topological polar surface area (TPSA) is 84.2 Å². The van der Waals surface area contributed by atoms with Crippen molar-refractivity contribution in [2.24, 2.45) is 5.92 Å². The molecule has 5 heteroatoms. The van der Waals surface area contributed by atoms with Crippen molar-refractivity contribution in [2.75, 3.05) is 18.8 Å². The van der Waals surface area contributed by atoms with Crippen LogP contribution in [0, 0.1) is 5.92 Å². The van der Waals surface area contributed by atoms with Gasteiger partial charge in [-0.05, 0) is 36.6 Å². The Morgan fingerprint density at radius 3 is 2.37 bits per heavy atom. The summed E-state index contributed by atoms with van der Waals surface area (Å²) in [6, 6.07) is 6.55. The standard InChI is InChI=1S/C14H21N3O2/c1-10(2)7-8-16-13(18)9-17-14(19)11-3-5-12(15)6-4-11/h3-6,10H,7-9,15H2,1-2H3,(H,16,18)(H,17,19). The molecule has 104 valence electrons. The molecule has 4 N–H and O–H groups in total. The van der Waals surface area contributed by atoms with Crippen molar-refractivity contribution < 1.29 is 9.59 Å². The predicted molar refractivity (Wildman–Crippen MR) is 75.7 cm³/mol. The molecule has 19 heavy (non-hydrogen) atoms. The average Bonchev–Trinajstić information content (AvgIpc) is 2.36. The number of hydrogen-bond acceptors (Lipinski definition) is 3. The van der Waals surface area contributed by atoms with E-state index in [9.17, 15) is 9.59 Å². The molecule has 0 bridgehead atoms. The maximum atomic E-state index is 11.7. The van der Waals surface area contributed by atoms with Crippen molar-refractivity contribution in [3.05, 3.63) is 29.8 Å². The van der Waals surface area contributed by atoms with Gasteiger partial charge in [0.1, 0.15) is 0 Å². The van der Waals surface area contributed by atoms with Gasteiger partial charge in [0.2, 0.25) is 5.91 Å². The number of rotatable bonds is 6. The van der Waals surface area contributed by atoms with Crippen LogP contribution in [0.5, 0.6) is 0 Å². The van der Waals surface area contributed by atoms with Gasteiger partial charge in [-0.25, -0.2) is 0 Å². The van der Waals surface area contributed by atoms with Gasteiger partial charge in [0.25, 0.3) is 5.91 Å². The van der Waals surface area contributed by atoms with Gasteiger partial charge in [-0.3, -0.25) is 9.59 Å². The Balaban J connectivity index is 2.30. The minimum atomic E-state index is -0.279. The second-order valence-electron chi connectivity index (χ2n) is 4.84. The van der Waals surface area contributed by atoms with Crippen LogP contribution in [-0.4, -0.2) is 24.9 Å². The van der Waals surface area contributed by atoms with Gasteiger partial charge in [-0.15, -0.1) is 0 Å². The van der Waals surface area contributed by atoms with Crippen molar-refractivity contribution in [1.29, 1.82) is 0 Å². The Labute approximate surface area is 113 Å². The van der Waals surface area contributed by atoms with Crippen LogP contribution in [0.3, 0.4) is 0 Å². The van der Waals surface area contributed by atoms with Crippen molar-refractivity contribution in [3.8, 4) is 0 Å². The van der Waals surface area contributed by atoms with Gasteiger partial charge in [0.15, 0.2) is 0 Å². The normalized spacial score (nSPS) is 10.3. The van der Waals surface area contributed by atoms with Crippen molar-refractivity contribution in [2.45, 2.75) is 20.3 Å². The number of amides is 2. The minimum absolute atomic E-state index is 0.0126. The number of hydrogen-bond donors (Lipinski definition) is 3. The smallest absolute Gasteiger partial charge is 0.251 e. The highest BCUT2D eigenvalue weighted by Crippen LogP contribution is 2.04. The largest absolute Gasteiger partial charge is 0.399 e. The fourth-order valence-electron chi connectivity index (χ4n) is 1.46. The maximum Gasteiger partial charge on any atom is 0.251 e. The first-order chi connectivity index (χ1) is 8.99. The zero-order valence-electron chi connectivity index (χ0n) is 11.4. The number of nitrogen functional groups attached to an aromatic ring is 1. The van der Waals surface area contributed by atoms with Crippen molar-refractivity contribution >= 4 is 17.5 Å². The van der Waals surface area contributed by atoms with Gasteiger partial charge >= 0.3 is 0 Å². The molecule has 0 spiro atoms. The zero-order valence-corrected chi connectivity index (χ0v) is 11.4. The molecule has 1 aromatic rings. The summed E-state index contributed by atoms with van der Waals surface area (Å²) in [6.07, 6.45) is 0.928. The lowest BCUT2D eigenvalue weighted by molar-refractivity contribution is -0.120. The summed E-state index contributed by atoms with van der Waals surface area (Å²) in [4.78, 5) is 23.2. The van der Waals surface area contributed by atoms with E-state index in [1.54, 1.807) is 24.3 Å². The zero-order chi connectivity index (χ0) is 14.3. The third-order valence-electron chi connectivity index (χ3n) is 2.63. The van der Waals surface area contributed by atoms with E-state index >= 15 is 0 Å². The van der Waals surface area contributed by atoms with E-state index in [4.69, 9.17) is 5.73 Å². The molecule has 0 aliphatic heterocycles. The van der Waals surface area contributed by atoms with E-state index in [1.807, 2.05) is 0 Å². The fraction of sp³-hybridized carbons (Fsp3) is 0.429. The molecule has 1 rings (SSSR count). The third-order valence-corrected chi connectivity index (χ3v) is 2.63. The van der Waals surface area contributed by atoms with Gasteiger partial charge in [0.05, 0.1) is 6.54 Å². The molecule has 0 saturated heterocycles. The highest BCUT2D eigenvalue weighted by Gasteiger charge is 2.07. The molecule has 2 amide bonds. The molecule has 0 heterocycles. The molecule has 0 atom stereocenters. The van der Waals surface area contributed by atoms with Crippen molar-refractivity contribution in [3.63, 3.8) is 0 Å². The minimum Gasteiger partial charge on any atom is -0.399 e. The number of benzene rings is 1. The molecule has 0 unspecified atom stereocenters. The average molecular weight is 263 g/mol. The van der Waals surface area contributed by atoms with Gasteiger partial charge in [-0.1, -0.05) is 13.8 Å². The fourth-order valence-corrected chi connectivity index (χ4v) is 1.46. The number of carbonyl (C=O) groups excluding carboxylic acids is 2. The van der Waals surface area contributed by atoms with E-state index in [-0.39, 0.29) is 18.4 Å². The summed E-state index contributed by atoms with van der Waals surface area (Å²) in [5.74, 6) is 0.0909. The maximum absolute atomic E-state index is 11.7. The Morgan fingerprint density at radius 2 is 1.79 bits per heavy atom. The molecule has 0 radical (unpaired) electrons. The van der Waals surface area contributed by atoms with E-state index in [1.165, 1.54) is 0 Å². The Bertz CT molecular complexity index is 427. The Morgan fingerprint density at radius 1 is 1.16 bits per heavy atom. The summed E-state index contributed by atoms with van der Waals surface area (Å²) in [7, 11) is 0. The molecular weight excluding hydrogens is 242 g/mol. The lowest BCUT2D eigenvalue weighted by Crippen LogP contribution is -2.37. The number of carbonyl (C=O) groups is 2. The first kappa shape index (κ1) is 15.0. The Hall–Kier alpha value is -2.04. The molecule has 0 aliphatic rings. The van der Waals surface area contributed by atoms with Crippen LogP contribution in [0.1, 0.15) is 30.6 Å². The van der Waals surface area contributed by atoms with E-state index < -0.39 is 0 Å². The molecule has 0 saturated carbocycles. The summed E-state index contributed by atoms with van der Waals surface area (Å²) in [6.45, 7) is 4.81. The number of anilines is 1. The summed E-state index contributed by atoms with van der Waals surface area (Å²) >= 11 is 0. The monoisotopic (exact) mass is 263 g/mol. The molecule has 0 fully saturated rings. The molecule has 0 aromatic heterocycles. The van der Waals surface area contributed by atoms with Crippen LogP contribution in [0.2, 0.25) is 0 Å². The van der Waals surface area contributed by atoms with Gasteiger partial charge in [-0.2, -0.15) is 0 Å². The van der Waals surface area contributed by atoms with E-state index in [2.05, 4.69) is 24.5 Å². The molecule has 0 aliphatic carbocycles. The Kier molecular flexibility index (Phi) is 5.85. The molecule has 1 aromatic carbocycles. The SMILES string of the molecule is CC(C)CCNC(=O)CNC(=O)c1ccc(N)cc1. The van der Waals surface area contributed by atoms with E-state index in [0.29, 0.717) is 23.7 Å². The lowest BCUT2D eigenvalue weighted by atomic mass is 10.1. The van der Waals surface area contributed by atoms with Crippen LogP contribution in [0.15, 0.2) is 24.3 Å². The first-order valence-corrected chi connectivity index (χ1v) is 6.39. The second kappa shape index (κ2) is 7.41. The predicted octanol–water partition coefficient (Wildman–Crippen LogP) is 1.16. The molecule has 5 nitrogen and oxygen atoms in total. The molecular formula is C14H21N3O2. The third kappa shape index (κ3) is 5.90. The summed E-state index contributed by atoms with van der Waals surface area (Å²) in [5, 5.41) is 5.32. The van der Waals surface area contributed by atoms with Crippen LogP contribution >= 0.6 is 0 Å². The quantitative estimate of drug-likeness (QED) is 0.673. The second-order valence-corrected chi connectivity index (χ2v) is 4.84.